The smallest absolute Gasteiger partial charge is 0.306 e. The minimum absolute atomic E-state index is 0.00431. The second-order valence-corrected chi connectivity index (χ2v) is 5.10. The van der Waals surface area contributed by atoms with E-state index in [4.69, 9.17) is 14.2 Å². The number of rotatable bonds is 2. The van der Waals surface area contributed by atoms with Crippen LogP contribution >= 0.6 is 0 Å². The molecule has 0 amide bonds. The van der Waals surface area contributed by atoms with Crippen LogP contribution < -0.4 is 0 Å². The van der Waals surface area contributed by atoms with Gasteiger partial charge in [-0.15, -0.1) is 0 Å². The molecule has 2 unspecified atom stereocenters. The summed E-state index contributed by atoms with van der Waals surface area (Å²) < 4.78 is 16.4. The Morgan fingerprint density at radius 2 is 2.24 bits per heavy atom. The van der Waals surface area contributed by atoms with E-state index < -0.39 is 5.79 Å². The van der Waals surface area contributed by atoms with Gasteiger partial charge in [-0.3, -0.25) is 4.79 Å². The highest BCUT2D eigenvalue weighted by Crippen LogP contribution is 2.45. The third-order valence-electron chi connectivity index (χ3n) is 3.47. The third-order valence-corrected chi connectivity index (χ3v) is 3.47. The summed E-state index contributed by atoms with van der Waals surface area (Å²) in [6.07, 6.45) is 3.37. The highest BCUT2D eigenvalue weighted by Gasteiger charge is 2.50. The van der Waals surface area contributed by atoms with Gasteiger partial charge in [0.1, 0.15) is 6.10 Å². The molecule has 0 radical (unpaired) electrons. The highest BCUT2D eigenvalue weighted by molar-refractivity contribution is 5.70. The van der Waals surface area contributed by atoms with E-state index in [0.717, 1.165) is 6.42 Å². The largest absolute Gasteiger partial charge is 0.469 e. The van der Waals surface area contributed by atoms with Gasteiger partial charge in [-0.25, -0.2) is 0 Å². The van der Waals surface area contributed by atoms with Gasteiger partial charge >= 0.3 is 5.97 Å². The van der Waals surface area contributed by atoms with Crippen molar-refractivity contribution in [3.8, 4) is 0 Å². The summed E-state index contributed by atoms with van der Waals surface area (Å²) in [6.45, 7) is 5.83. The Hall–Kier alpha value is -0.870. The first-order valence-corrected chi connectivity index (χ1v) is 6.05. The van der Waals surface area contributed by atoms with Gasteiger partial charge in [-0.05, 0) is 38.7 Å². The fourth-order valence-electron chi connectivity index (χ4n) is 2.82. The maximum absolute atomic E-state index is 11.3. The quantitative estimate of drug-likeness (QED) is 0.547. The first kappa shape index (κ1) is 12.6. The molecule has 96 valence electrons. The normalized spacial score (nSPS) is 37.2. The Bertz CT molecular complexity index is 345. The van der Waals surface area contributed by atoms with Crippen molar-refractivity contribution in [3.63, 3.8) is 0 Å². The Balaban J connectivity index is 2.09. The van der Waals surface area contributed by atoms with Crippen LogP contribution in [0.1, 0.15) is 33.6 Å². The summed E-state index contributed by atoms with van der Waals surface area (Å²) in [5.41, 5.74) is 1.17. The van der Waals surface area contributed by atoms with Gasteiger partial charge in [0.05, 0.1) is 19.6 Å². The minimum atomic E-state index is -0.514. The predicted molar refractivity (Wildman–Crippen MR) is 62.3 cm³/mol. The first-order chi connectivity index (χ1) is 7.96. The standard InChI is InChI=1S/C13H20O4/c1-5-9-8(7-11(14)15-4)6-10-12(9)17-13(2,3)16-10/h5,8,10,12H,6-7H2,1-4H3/b9-5+/t8-,10?,12?/m1/s1. The van der Waals surface area contributed by atoms with Gasteiger partial charge in [0.25, 0.3) is 0 Å². The molecule has 1 heterocycles. The molecule has 0 aromatic carbocycles. The average Bonchev–Trinajstić information content (AvgIpc) is 2.68. The SMILES string of the molecule is C/C=C1/C2OC(C)(C)OC2C[C@@H]1CC(=O)OC. The van der Waals surface area contributed by atoms with E-state index in [9.17, 15) is 4.79 Å². The Morgan fingerprint density at radius 1 is 1.53 bits per heavy atom. The van der Waals surface area contributed by atoms with Gasteiger partial charge in [0.2, 0.25) is 0 Å². The van der Waals surface area contributed by atoms with E-state index in [-0.39, 0.29) is 24.1 Å². The summed E-state index contributed by atoms with van der Waals surface area (Å²) in [5, 5.41) is 0. The number of hydrogen-bond donors (Lipinski definition) is 0. The molecule has 2 aliphatic rings. The summed E-state index contributed by atoms with van der Waals surface area (Å²) in [4.78, 5) is 11.3. The van der Waals surface area contributed by atoms with Gasteiger partial charge in [0.15, 0.2) is 5.79 Å². The molecule has 0 spiro atoms. The van der Waals surface area contributed by atoms with Crippen LogP contribution in [0.15, 0.2) is 11.6 Å². The second kappa shape index (κ2) is 4.42. The van der Waals surface area contributed by atoms with E-state index >= 15 is 0 Å². The van der Waals surface area contributed by atoms with Crippen LogP contribution in [0.4, 0.5) is 0 Å². The molecular formula is C13H20O4. The van der Waals surface area contributed by atoms with Gasteiger partial charge < -0.3 is 14.2 Å². The van der Waals surface area contributed by atoms with Crippen molar-refractivity contribution >= 4 is 5.97 Å². The fourth-order valence-corrected chi connectivity index (χ4v) is 2.82. The van der Waals surface area contributed by atoms with Gasteiger partial charge in [-0.1, -0.05) is 6.08 Å². The molecule has 0 N–H and O–H groups in total. The number of ether oxygens (including phenoxy) is 3. The van der Waals surface area contributed by atoms with Crippen molar-refractivity contribution in [2.75, 3.05) is 7.11 Å². The van der Waals surface area contributed by atoms with E-state index in [1.807, 2.05) is 26.8 Å². The van der Waals surface area contributed by atoms with Crippen LogP contribution in [0.2, 0.25) is 0 Å². The lowest BCUT2D eigenvalue weighted by atomic mass is 9.98. The van der Waals surface area contributed by atoms with E-state index in [1.165, 1.54) is 12.7 Å². The molecule has 1 saturated heterocycles. The van der Waals surface area contributed by atoms with E-state index in [1.54, 1.807) is 0 Å². The summed E-state index contributed by atoms with van der Waals surface area (Å²) >= 11 is 0. The van der Waals surface area contributed by atoms with Crippen LogP contribution in [0.5, 0.6) is 0 Å². The molecule has 4 heteroatoms. The molecule has 0 bridgehead atoms. The zero-order chi connectivity index (χ0) is 12.6. The summed E-state index contributed by atoms with van der Waals surface area (Å²) in [5.74, 6) is -0.494. The van der Waals surface area contributed by atoms with Crippen molar-refractivity contribution < 1.29 is 19.0 Å². The van der Waals surface area contributed by atoms with E-state index in [0.29, 0.717) is 6.42 Å². The molecule has 2 rings (SSSR count). The number of fused-ring (bicyclic) bond motifs is 1. The van der Waals surface area contributed by atoms with Crippen LogP contribution in [0.25, 0.3) is 0 Å². The lowest BCUT2D eigenvalue weighted by Gasteiger charge is -2.21. The maximum Gasteiger partial charge on any atom is 0.306 e. The predicted octanol–water partition coefficient (Wildman–Crippen LogP) is 2.04. The van der Waals surface area contributed by atoms with Crippen molar-refractivity contribution in [3.05, 3.63) is 11.6 Å². The number of hydrogen-bond acceptors (Lipinski definition) is 4. The van der Waals surface area contributed by atoms with Gasteiger partial charge in [-0.2, -0.15) is 0 Å². The third kappa shape index (κ3) is 2.38. The highest BCUT2D eigenvalue weighted by atomic mass is 16.8. The van der Waals surface area contributed by atoms with Crippen molar-refractivity contribution in [2.24, 2.45) is 5.92 Å². The van der Waals surface area contributed by atoms with Crippen LogP contribution in [0, 0.1) is 5.92 Å². The zero-order valence-corrected chi connectivity index (χ0v) is 10.9. The number of allylic oxidation sites excluding steroid dienone is 1. The fraction of sp³-hybridized carbons (Fsp3) is 0.769. The molecule has 4 nitrogen and oxygen atoms in total. The lowest BCUT2D eigenvalue weighted by Crippen LogP contribution is -2.24. The van der Waals surface area contributed by atoms with Gasteiger partial charge in [0, 0.05) is 0 Å². The number of methoxy groups -OCH3 is 1. The monoisotopic (exact) mass is 240 g/mol. The number of carbonyl (C=O) groups is 1. The Kier molecular flexibility index (Phi) is 3.27. The summed E-state index contributed by atoms with van der Waals surface area (Å²) in [7, 11) is 1.42. The zero-order valence-electron chi connectivity index (χ0n) is 10.9. The minimum Gasteiger partial charge on any atom is -0.469 e. The average molecular weight is 240 g/mol. The second-order valence-electron chi connectivity index (χ2n) is 5.10. The Labute approximate surface area is 102 Å². The molecule has 2 fully saturated rings. The van der Waals surface area contributed by atoms with Crippen molar-refractivity contribution in [1.29, 1.82) is 0 Å². The van der Waals surface area contributed by atoms with Crippen LogP contribution in [0.3, 0.4) is 0 Å². The molecule has 17 heavy (non-hydrogen) atoms. The van der Waals surface area contributed by atoms with Crippen molar-refractivity contribution in [1.82, 2.24) is 0 Å². The summed E-state index contributed by atoms with van der Waals surface area (Å²) in [6, 6.07) is 0. The molecule has 1 saturated carbocycles. The van der Waals surface area contributed by atoms with Crippen molar-refractivity contribution in [2.45, 2.75) is 51.6 Å². The van der Waals surface area contributed by atoms with E-state index in [2.05, 4.69) is 0 Å². The number of esters is 1. The number of carbonyl (C=O) groups excluding carboxylic acids is 1. The van der Waals surface area contributed by atoms with Crippen LogP contribution in [-0.4, -0.2) is 31.1 Å². The lowest BCUT2D eigenvalue weighted by molar-refractivity contribution is -0.150. The molecule has 3 atom stereocenters. The maximum atomic E-state index is 11.3. The molecule has 0 aromatic heterocycles. The Morgan fingerprint density at radius 3 is 2.82 bits per heavy atom. The molecule has 1 aliphatic carbocycles. The first-order valence-electron chi connectivity index (χ1n) is 6.05. The topological polar surface area (TPSA) is 44.8 Å². The molecule has 0 aromatic rings. The van der Waals surface area contributed by atoms with Crippen LogP contribution in [-0.2, 0) is 19.0 Å². The molecular weight excluding hydrogens is 220 g/mol. The molecule has 1 aliphatic heterocycles.